The normalized spacial score (nSPS) is 14.8. The zero-order valence-electron chi connectivity index (χ0n) is 22.0. The van der Waals surface area contributed by atoms with E-state index >= 15 is 0 Å². The Balaban J connectivity index is 1.69. The molecule has 0 saturated heterocycles. The molecule has 9 heteroatoms. The second kappa shape index (κ2) is 13.3. The average molecular weight is 548 g/mol. The van der Waals surface area contributed by atoms with Crippen molar-refractivity contribution in [3.8, 4) is 0 Å². The summed E-state index contributed by atoms with van der Waals surface area (Å²) in [6.07, 6.45) is 6.39. The number of amides is 2. The van der Waals surface area contributed by atoms with E-state index in [9.17, 15) is 18.0 Å². The van der Waals surface area contributed by atoms with E-state index in [1.165, 1.54) is 4.31 Å². The summed E-state index contributed by atoms with van der Waals surface area (Å²) in [5.41, 5.74) is 2.26. The predicted octanol–water partition coefficient (Wildman–Crippen LogP) is 4.71. The molecule has 1 aliphatic carbocycles. The molecule has 7 nitrogen and oxygen atoms in total. The van der Waals surface area contributed by atoms with Crippen molar-refractivity contribution in [3.05, 3.63) is 64.7 Å². The molecular formula is C28H38ClN3O4S. The van der Waals surface area contributed by atoms with Gasteiger partial charge in [-0.15, -0.1) is 0 Å². The van der Waals surface area contributed by atoms with Gasteiger partial charge in [0.25, 0.3) is 0 Å². The second-order valence-electron chi connectivity index (χ2n) is 9.81. The Morgan fingerprint density at radius 3 is 2.38 bits per heavy atom. The topological polar surface area (TPSA) is 86.8 Å². The van der Waals surface area contributed by atoms with Crippen LogP contribution in [0.2, 0.25) is 5.02 Å². The minimum atomic E-state index is -3.58. The van der Waals surface area contributed by atoms with Crippen LogP contribution >= 0.6 is 11.6 Å². The minimum Gasteiger partial charge on any atom is -0.352 e. The molecule has 202 valence electrons. The third kappa shape index (κ3) is 8.20. The van der Waals surface area contributed by atoms with Gasteiger partial charge in [-0.1, -0.05) is 60.8 Å². The number of anilines is 1. The van der Waals surface area contributed by atoms with Crippen molar-refractivity contribution < 1.29 is 18.0 Å². The van der Waals surface area contributed by atoms with Crippen molar-refractivity contribution in [2.45, 2.75) is 70.9 Å². The number of rotatable bonds is 12. The first-order chi connectivity index (χ1) is 17.6. The van der Waals surface area contributed by atoms with Crippen molar-refractivity contribution in [1.82, 2.24) is 10.2 Å². The largest absolute Gasteiger partial charge is 0.352 e. The fraction of sp³-hybridized carbons (Fsp3) is 0.500. The molecule has 0 radical (unpaired) electrons. The standard InChI is InChI=1S/C28H38ClN3O4S/c1-21-25(29)15-9-16-26(21)32(37(3,35)36)19-10-17-27(33)31(20-18-23-11-5-4-6-12-23)22(2)28(34)30-24-13-7-8-14-24/h4-6,9,11-12,15-16,22,24H,7-8,10,13-14,17-20H2,1-3H3,(H,30,34)/t22-/m1/s1. The predicted molar refractivity (Wildman–Crippen MR) is 149 cm³/mol. The molecule has 1 saturated carbocycles. The van der Waals surface area contributed by atoms with Crippen molar-refractivity contribution in [2.24, 2.45) is 0 Å². The molecule has 0 aliphatic heterocycles. The lowest BCUT2D eigenvalue weighted by atomic mass is 10.1. The first-order valence-corrected chi connectivity index (χ1v) is 15.2. The Labute approximate surface area is 226 Å². The number of halogens is 1. The number of hydrogen-bond donors (Lipinski definition) is 1. The molecule has 0 aromatic heterocycles. The Hall–Kier alpha value is -2.58. The van der Waals surface area contributed by atoms with Crippen molar-refractivity contribution in [2.75, 3.05) is 23.7 Å². The van der Waals surface area contributed by atoms with Crippen LogP contribution in [0.3, 0.4) is 0 Å². The first kappa shape index (κ1) is 29.0. The number of nitrogens with zero attached hydrogens (tertiary/aromatic N) is 2. The van der Waals surface area contributed by atoms with Crippen LogP contribution in [0.5, 0.6) is 0 Å². The van der Waals surface area contributed by atoms with Crippen LogP contribution in [0.1, 0.15) is 56.6 Å². The first-order valence-electron chi connectivity index (χ1n) is 12.9. The van der Waals surface area contributed by atoms with E-state index in [1.54, 1.807) is 36.9 Å². The zero-order valence-corrected chi connectivity index (χ0v) is 23.5. The lowest BCUT2D eigenvalue weighted by molar-refractivity contribution is -0.140. The molecule has 3 rings (SSSR count). The number of hydrogen-bond acceptors (Lipinski definition) is 4. The molecule has 37 heavy (non-hydrogen) atoms. The van der Waals surface area contributed by atoms with Gasteiger partial charge in [0.2, 0.25) is 21.8 Å². The summed E-state index contributed by atoms with van der Waals surface area (Å²) in [6.45, 7) is 4.09. The number of nitrogens with one attached hydrogen (secondary N) is 1. The molecule has 1 fully saturated rings. The van der Waals surface area contributed by atoms with E-state index in [0.29, 0.717) is 35.7 Å². The van der Waals surface area contributed by atoms with Crippen LogP contribution in [-0.4, -0.2) is 56.6 Å². The van der Waals surface area contributed by atoms with E-state index in [1.807, 2.05) is 30.3 Å². The SMILES string of the molecule is Cc1c(Cl)cccc1N(CCCC(=O)N(CCc1ccccc1)[C@H](C)C(=O)NC1CCCC1)S(C)(=O)=O. The second-order valence-corrected chi connectivity index (χ2v) is 12.1. The average Bonchev–Trinajstić information content (AvgIpc) is 3.37. The third-order valence-electron chi connectivity index (χ3n) is 7.01. The highest BCUT2D eigenvalue weighted by Gasteiger charge is 2.28. The van der Waals surface area contributed by atoms with Crippen molar-refractivity contribution in [3.63, 3.8) is 0 Å². The summed E-state index contributed by atoms with van der Waals surface area (Å²) in [5.74, 6) is -0.304. The molecule has 0 heterocycles. The highest BCUT2D eigenvalue weighted by Crippen LogP contribution is 2.28. The maximum Gasteiger partial charge on any atom is 0.242 e. The van der Waals surface area contributed by atoms with E-state index in [0.717, 1.165) is 37.5 Å². The van der Waals surface area contributed by atoms with Crippen LogP contribution in [-0.2, 0) is 26.0 Å². The maximum atomic E-state index is 13.4. The Morgan fingerprint density at radius 1 is 1.05 bits per heavy atom. The van der Waals surface area contributed by atoms with Gasteiger partial charge >= 0.3 is 0 Å². The van der Waals surface area contributed by atoms with Gasteiger partial charge in [0, 0.05) is 30.6 Å². The van der Waals surface area contributed by atoms with Crippen LogP contribution in [0.4, 0.5) is 5.69 Å². The Bertz CT molecular complexity index is 1170. The van der Waals surface area contributed by atoms with E-state index in [-0.39, 0.29) is 30.8 Å². The molecule has 0 bridgehead atoms. The van der Waals surface area contributed by atoms with E-state index < -0.39 is 16.1 Å². The van der Waals surface area contributed by atoms with Crippen LogP contribution in [0.15, 0.2) is 48.5 Å². The quantitative estimate of drug-likeness (QED) is 0.417. The summed E-state index contributed by atoms with van der Waals surface area (Å²) in [6, 6.07) is 14.6. The fourth-order valence-corrected chi connectivity index (χ4v) is 6.00. The van der Waals surface area contributed by atoms with Crippen LogP contribution in [0, 0.1) is 6.92 Å². The zero-order chi connectivity index (χ0) is 27.0. The lowest BCUT2D eigenvalue weighted by Crippen LogP contribution is -2.50. The van der Waals surface area contributed by atoms with Gasteiger partial charge in [-0.25, -0.2) is 8.42 Å². The molecule has 1 atom stereocenters. The number of benzene rings is 2. The smallest absolute Gasteiger partial charge is 0.242 e. The van der Waals surface area contributed by atoms with Gasteiger partial charge in [0.15, 0.2) is 0 Å². The van der Waals surface area contributed by atoms with Crippen molar-refractivity contribution >= 4 is 39.1 Å². The molecule has 0 unspecified atom stereocenters. The Kier molecular flexibility index (Phi) is 10.4. The highest BCUT2D eigenvalue weighted by atomic mass is 35.5. The summed E-state index contributed by atoms with van der Waals surface area (Å²) in [7, 11) is -3.58. The lowest BCUT2D eigenvalue weighted by Gasteiger charge is -2.30. The molecule has 2 aromatic carbocycles. The van der Waals surface area contributed by atoms with Crippen molar-refractivity contribution in [1.29, 1.82) is 0 Å². The van der Waals surface area contributed by atoms with Gasteiger partial charge in [-0.3, -0.25) is 13.9 Å². The summed E-state index contributed by atoms with van der Waals surface area (Å²) >= 11 is 6.22. The highest BCUT2D eigenvalue weighted by molar-refractivity contribution is 7.92. The van der Waals surface area contributed by atoms with Gasteiger partial charge in [0.05, 0.1) is 11.9 Å². The molecule has 0 spiro atoms. The monoisotopic (exact) mass is 547 g/mol. The van der Waals surface area contributed by atoms with E-state index in [2.05, 4.69) is 5.32 Å². The van der Waals surface area contributed by atoms with Gasteiger partial charge < -0.3 is 10.2 Å². The van der Waals surface area contributed by atoms with Gasteiger partial charge in [0.1, 0.15) is 6.04 Å². The summed E-state index contributed by atoms with van der Waals surface area (Å²) < 4.78 is 26.4. The maximum absolute atomic E-state index is 13.4. The van der Waals surface area contributed by atoms with Gasteiger partial charge in [-0.2, -0.15) is 0 Å². The molecular weight excluding hydrogens is 510 g/mol. The van der Waals surface area contributed by atoms with Crippen LogP contribution in [0.25, 0.3) is 0 Å². The third-order valence-corrected chi connectivity index (χ3v) is 8.60. The summed E-state index contributed by atoms with van der Waals surface area (Å²) in [4.78, 5) is 28.0. The molecule has 1 aliphatic rings. The number of carbonyl (C=O) groups is 2. The minimum absolute atomic E-state index is 0.126. The van der Waals surface area contributed by atoms with E-state index in [4.69, 9.17) is 11.6 Å². The fourth-order valence-electron chi connectivity index (χ4n) is 4.81. The van der Waals surface area contributed by atoms with Gasteiger partial charge in [-0.05, 0) is 62.8 Å². The molecule has 2 aromatic rings. The number of carbonyl (C=O) groups excluding carboxylic acids is 2. The Morgan fingerprint density at radius 2 is 1.73 bits per heavy atom. The van der Waals surface area contributed by atoms with Crippen LogP contribution < -0.4 is 9.62 Å². The number of sulfonamides is 1. The molecule has 1 N–H and O–H groups in total. The molecule has 2 amide bonds. The summed E-state index contributed by atoms with van der Waals surface area (Å²) in [5, 5.41) is 3.59.